The fourth-order valence-electron chi connectivity index (χ4n) is 3.31. The fraction of sp³-hybridized carbons (Fsp3) is 0.0833. The molecular formula is C24H16BrClN2O5S. The van der Waals surface area contributed by atoms with Gasteiger partial charge < -0.3 is 4.74 Å². The van der Waals surface area contributed by atoms with Crippen LogP contribution in [0.4, 0.5) is 10.5 Å². The predicted octanol–water partition coefficient (Wildman–Crippen LogP) is 6.83. The molecule has 7 nitrogen and oxygen atoms in total. The Kier molecular flexibility index (Phi) is 7.35. The van der Waals surface area contributed by atoms with E-state index in [1.54, 1.807) is 36.4 Å². The molecule has 1 fully saturated rings. The van der Waals surface area contributed by atoms with Crippen LogP contribution in [0.5, 0.6) is 5.75 Å². The maximum absolute atomic E-state index is 13.0. The summed E-state index contributed by atoms with van der Waals surface area (Å²) in [7, 11) is 0. The van der Waals surface area contributed by atoms with Crippen molar-refractivity contribution in [2.24, 2.45) is 0 Å². The third-order valence-electron chi connectivity index (χ3n) is 4.99. The van der Waals surface area contributed by atoms with E-state index in [0.717, 1.165) is 26.7 Å². The lowest BCUT2D eigenvalue weighted by atomic mass is 10.1. The monoisotopic (exact) mass is 558 g/mol. The van der Waals surface area contributed by atoms with Crippen molar-refractivity contribution >= 4 is 62.2 Å². The lowest BCUT2D eigenvalue weighted by Gasteiger charge is -2.13. The van der Waals surface area contributed by atoms with Crippen LogP contribution < -0.4 is 4.74 Å². The van der Waals surface area contributed by atoms with Gasteiger partial charge in [0.05, 0.1) is 16.4 Å². The van der Waals surface area contributed by atoms with Gasteiger partial charge in [-0.3, -0.25) is 24.6 Å². The molecule has 0 saturated carbocycles. The van der Waals surface area contributed by atoms with Crippen LogP contribution >= 0.6 is 39.3 Å². The van der Waals surface area contributed by atoms with E-state index < -0.39 is 16.1 Å². The van der Waals surface area contributed by atoms with Crippen LogP contribution in [-0.4, -0.2) is 21.0 Å². The largest absolute Gasteiger partial charge is 0.488 e. The zero-order valence-corrected chi connectivity index (χ0v) is 20.6. The van der Waals surface area contributed by atoms with Crippen molar-refractivity contribution in [1.29, 1.82) is 0 Å². The Morgan fingerprint density at radius 1 is 1.06 bits per heavy atom. The molecule has 34 heavy (non-hydrogen) atoms. The molecule has 0 atom stereocenters. The fourth-order valence-corrected chi connectivity index (χ4v) is 4.70. The normalized spacial score (nSPS) is 14.6. The van der Waals surface area contributed by atoms with E-state index in [4.69, 9.17) is 16.3 Å². The summed E-state index contributed by atoms with van der Waals surface area (Å²) in [4.78, 5) is 37.5. The van der Waals surface area contributed by atoms with Gasteiger partial charge >= 0.3 is 0 Å². The predicted molar refractivity (Wildman–Crippen MR) is 135 cm³/mol. The molecule has 10 heteroatoms. The third-order valence-corrected chi connectivity index (χ3v) is 6.76. The molecule has 1 aliphatic heterocycles. The second-order valence-corrected chi connectivity index (χ2v) is 9.53. The van der Waals surface area contributed by atoms with Crippen LogP contribution in [0.15, 0.2) is 76.1 Å². The van der Waals surface area contributed by atoms with Gasteiger partial charge in [-0.1, -0.05) is 63.9 Å². The van der Waals surface area contributed by atoms with Gasteiger partial charge in [-0.25, -0.2) is 0 Å². The number of rotatable bonds is 7. The van der Waals surface area contributed by atoms with Crippen LogP contribution in [0.3, 0.4) is 0 Å². The van der Waals surface area contributed by atoms with E-state index in [0.29, 0.717) is 16.3 Å². The van der Waals surface area contributed by atoms with Crippen LogP contribution in [-0.2, 0) is 17.9 Å². The van der Waals surface area contributed by atoms with E-state index in [1.165, 1.54) is 18.2 Å². The Bertz CT molecular complexity index is 1330. The van der Waals surface area contributed by atoms with Crippen LogP contribution in [0.1, 0.15) is 16.7 Å². The maximum Gasteiger partial charge on any atom is 0.293 e. The Balaban J connectivity index is 1.58. The number of thioether (sulfide) groups is 1. The van der Waals surface area contributed by atoms with Gasteiger partial charge in [-0.15, -0.1) is 0 Å². The van der Waals surface area contributed by atoms with E-state index >= 15 is 0 Å². The third kappa shape index (κ3) is 5.32. The SMILES string of the molecule is O=C1S/C(=C\c2cc(Br)ccc2OCc2ccccc2Cl)C(=O)N1Cc1ccccc1[N+](=O)[O-]. The molecule has 0 aromatic heterocycles. The molecule has 2 amide bonds. The first-order valence-corrected chi connectivity index (χ1v) is 12.0. The summed E-state index contributed by atoms with van der Waals surface area (Å²) in [6.45, 7) is 0.0365. The average molecular weight is 560 g/mol. The summed E-state index contributed by atoms with van der Waals surface area (Å²) in [5.74, 6) is -0.0150. The van der Waals surface area contributed by atoms with Crippen molar-refractivity contribution in [3.63, 3.8) is 0 Å². The molecule has 0 N–H and O–H groups in total. The molecule has 0 spiro atoms. The molecule has 0 bridgehead atoms. The van der Waals surface area contributed by atoms with Crippen molar-refractivity contribution in [2.45, 2.75) is 13.2 Å². The molecule has 4 rings (SSSR count). The summed E-state index contributed by atoms with van der Waals surface area (Å²) < 4.78 is 6.72. The smallest absolute Gasteiger partial charge is 0.293 e. The number of benzene rings is 3. The van der Waals surface area contributed by atoms with Gasteiger partial charge in [0.25, 0.3) is 16.8 Å². The molecule has 3 aromatic rings. The Morgan fingerprint density at radius 2 is 1.76 bits per heavy atom. The first-order valence-electron chi connectivity index (χ1n) is 9.97. The Morgan fingerprint density at radius 3 is 2.50 bits per heavy atom. The first-order chi connectivity index (χ1) is 16.3. The van der Waals surface area contributed by atoms with Crippen molar-refractivity contribution in [2.75, 3.05) is 0 Å². The van der Waals surface area contributed by atoms with E-state index in [-0.39, 0.29) is 29.3 Å². The Labute approximate surface area is 212 Å². The average Bonchev–Trinajstić information content (AvgIpc) is 3.07. The van der Waals surface area contributed by atoms with Gasteiger partial charge in [-0.2, -0.15) is 0 Å². The second-order valence-electron chi connectivity index (χ2n) is 7.22. The molecule has 0 aliphatic carbocycles. The Hall–Kier alpha value is -3.14. The number of imide groups is 1. The first kappa shape index (κ1) is 24.0. The summed E-state index contributed by atoms with van der Waals surface area (Å²) in [6, 6.07) is 18.7. The second kappa shape index (κ2) is 10.4. The number of carbonyl (C=O) groups excluding carboxylic acids is 2. The number of para-hydroxylation sites is 1. The lowest BCUT2D eigenvalue weighted by Crippen LogP contribution is -2.27. The van der Waals surface area contributed by atoms with E-state index in [1.807, 2.05) is 18.2 Å². The summed E-state index contributed by atoms with van der Waals surface area (Å²) in [5, 5.41) is 11.4. The molecule has 3 aromatic carbocycles. The number of halogens is 2. The highest BCUT2D eigenvalue weighted by Gasteiger charge is 2.36. The highest BCUT2D eigenvalue weighted by Crippen LogP contribution is 2.36. The van der Waals surface area contributed by atoms with Gasteiger partial charge in [0.15, 0.2) is 0 Å². The van der Waals surface area contributed by atoms with Crippen LogP contribution in [0.2, 0.25) is 5.02 Å². The van der Waals surface area contributed by atoms with Crippen molar-refractivity contribution in [3.8, 4) is 5.75 Å². The molecular weight excluding hydrogens is 544 g/mol. The quantitative estimate of drug-likeness (QED) is 0.179. The number of nitrogens with zero attached hydrogens (tertiary/aromatic N) is 2. The standard InChI is InChI=1S/C24H16BrClN2O5S/c25-18-9-10-21(33-14-16-6-1-3-7-19(16)26)17(11-18)12-22-23(29)27(24(30)34-22)13-15-5-2-4-8-20(15)28(31)32/h1-12H,13-14H2/b22-12-. The molecule has 172 valence electrons. The van der Waals surface area contributed by atoms with Crippen molar-refractivity contribution in [1.82, 2.24) is 4.90 Å². The number of amides is 2. The van der Waals surface area contributed by atoms with Gasteiger partial charge in [0.1, 0.15) is 12.4 Å². The highest BCUT2D eigenvalue weighted by atomic mass is 79.9. The lowest BCUT2D eigenvalue weighted by molar-refractivity contribution is -0.385. The maximum atomic E-state index is 13.0. The van der Waals surface area contributed by atoms with E-state index in [9.17, 15) is 19.7 Å². The summed E-state index contributed by atoms with van der Waals surface area (Å²) in [5.41, 5.74) is 1.54. The number of nitro groups is 1. The number of carbonyl (C=O) groups is 2. The molecule has 1 heterocycles. The number of hydrogen-bond acceptors (Lipinski definition) is 6. The minimum atomic E-state index is -0.533. The minimum Gasteiger partial charge on any atom is -0.488 e. The van der Waals surface area contributed by atoms with Crippen molar-refractivity contribution < 1.29 is 19.2 Å². The van der Waals surface area contributed by atoms with Crippen LogP contribution in [0, 0.1) is 10.1 Å². The number of hydrogen-bond donors (Lipinski definition) is 0. The summed E-state index contributed by atoms with van der Waals surface area (Å²) >= 11 is 10.4. The highest BCUT2D eigenvalue weighted by molar-refractivity contribution is 9.10. The minimum absolute atomic E-state index is 0.146. The topological polar surface area (TPSA) is 89.8 Å². The number of nitro benzene ring substituents is 1. The summed E-state index contributed by atoms with van der Waals surface area (Å²) in [6.07, 6.45) is 1.58. The van der Waals surface area contributed by atoms with Gasteiger partial charge in [-0.05, 0) is 42.1 Å². The van der Waals surface area contributed by atoms with Crippen LogP contribution in [0.25, 0.3) is 6.08 Å². The van der Waals surface area contributed by atoms with Crippen molar-refractivity contribution in [3.05, 3.63) is 108 Å². The molecule has 0 radical (unpaired) electrons. The van der Waals surface area contributed by atoms with E-state index in [2.05, 4.69) is 15.9 Å². The zero-order chi connectivity index (χ0) is 24.2. The van der Waals surface area contributed by atoms with Gasteiger partial charge in [0, 0.05) is 32.3 Å². The molecule has 1 saturated heterocycles. The molecule has 0 unspecified atom stereocenters. The molecule has 1 aliphatic rings. The zero-order valence-electron chi connectivity index (χ0n) is 17.4. The number of ether oxygens (including phenoxy) is 1. The van der Waals surface area contributed by atoms with Gasteiger partial charge in [0.2, 0.25) is 0 Å².